The summed E-state index contributed by atoms with van der Waals surface area (Å²) in [4.78, 5) is 4.72. The van der Waals surface area contributed by atoms with E-state index in [9.17, 15) is 0 Å². The Morgan fingerprint density at radius 2 is 1.53 bits per heavy atom. The largest absolute Gasteiger partial charge is 0.320 e. The van der Waals surface area contributed by atoms with Gasteiger partial charge in [-0.1, -0.05) is 97.6 Å². The van der Waals surface area contributed by atoms with Gasteiger partial charge in [-0.05, 0) is 67.5 Å². The van der Waals surface area contributed by atoms with Crippen LogP contribution in [0.5, 0.6) is 0 Å². The molecule has 0 radical (unpaired) electrons. The first-order valence-electron chi connectivity index (χ1n) is 14.5. The molecule has 0 saturated carbocycles. The minimum absolute atomic E-state index is 0.972. The first kappa shape index (κ1) is 27.5. The Morgan fingerprint density at radius 3 is 2.33 bits per heavy atom. The highest BCUT2D eigenvalue weighted by Crippen LogP contribution is 2.31. The maximum Gasteiger partial charge on any atom is 0.0963 e. The summed E-state index contributed by atoms with van der Waals surface area (Å²) in [7, 11) is 0. The van der Waals surface area contributed by atoms with Crippen LogP contribution in [0.15, 0.2) is 140 Å². The van der Waals surface area contributed by atoms with Gasteiger partial charge in [0, 0.05) is 46.4 Å². The summed E-state index contributed by atoms with van der Waals surface area (Å²) < 4.78 is 4.48. The number of nitrogens with zero attached hydrogens (tertiary/aromatic N) is 3. The average Bonchev–Trinajstić information content (AvgIpc) is 3.51. The monoisotopic (exact) mass is 555 g/mol. The summed E-state index contributed by atoms with van der Waals surface area (Å²) >= 11 is 0. The fourth-order valence-electron chi connectivity index (χ4n) is 5.54. The highest BCUT2D eigenvalue weighted by molar-refractivity contribution is 5.94. The van der Waals surface area contributed by atoms with E-state index in [-0.39, 0.29) is 0 Å². The van der Waals surface area contributed by atoms with Crippen LogP contribution in [0.25, 0.3) is 57.6 Å². The van der Waals surface area contributed by atoms with Crippen LogP contribution in [-0.2, 0) is 0 Å². The van der Waals surface area contributed by atoms with Crippen LogP contribution < -0.4 is 0 Å². The van der Waals surface area contributed by atoms with E-state index in [1.54, 1.807) is 0 Å². The van der Waals surface area contributed by atoms with Crippen molar-refractivity contribution in [2.24, 2.45) is 0 Å². The van der Waals surface area contributed by atoms with Crippen LogP contribution in [0.3, 0.4) is 0 Å². The third-order valence-corrected chi connectivity index (χ3v) is 7.60. The van der Waals surface area contributed by atoms with Crippen molar-refractivity contribution in [1.29, 1.82) is 0 Å². The van der Waals surface area contributed by atoms with E-state index in [1.165, 1.54) is 10.9 Å². The van der Waals surface area contributed by atoms with Crippen molar-refractivity contribution in [2.45, 2.75) is 13.8 Å². The van der Waals surface area contributed by atoms with Crippen LogP contribution >= 0.6 is 0 Å². The highest BCUT2D eigenvalue weighted by atomic mass is 15.0. The fraction of sp³-hybridized carbons (Fsp3) is 0.0500. The van der Waals surface area contributed by atoms with E-state index in [1.807, 2.05) is 55.6 Å². The SMILES string of the molecule is C=C(C=Cn1c(C)c(/C=C\C=C=Cc2c(/C=C\C)c3ncccc3n2-c2ccccc2)c2ccccc21)c1ccccc1. The summed E-state index contributed by atoms with van der Waals surface area (Å²) in [5, 5.41) is 1.20. The van der Waals surface area contributed by atoms with Crippen molar-refractivity contribution in [1.82, 2.24) is 14.1 Å². The summed E-state index contributed by atoms with van der Waals surface area (Å²) in [5.41, 5.74) is 14.3. The minimum atomic E-state index is 0.972. The third kappa shape index (κ3) is 5.50. The molecule has 3 heteroatoms. The lowest BCUT2D eigenvalue weighted by Crippen LogP contribution is -1.96. The van der Waals surface area contributed by atoms with Crippen LogP contribution in [0.4, 0.5) is 0 Å². The van der Waals surface area contributed by atoms with Gasteiger partial charge in [-0.2, -0.15) is 0 Å². The number of aromatic nitrogens is 3. The number of rotatable bonds is 8. The molecule has 3 aromatic heterocycles. The van der Waals surface area contributed by atoms with E-state index < -0.39 is 0 Å². The van der Waals surface area contributed by atoms with Gasteiger partial charge in [-0.3, -0.25) is 4.98 Å². The average molecular weight is 556 g/mol. The summed E-state index contributed by atoms with van der Waals surface area (Å²) in [6.07, 6.45) is 18.5. The lowest BCUT2D eigenvalue weighted by Gasteiger charge is -2.08. The maximum atomic E-state index is 4.72. The molecule has 0 spiro atoms. The number of pyridine rings is 1. The van der Waals surface area contributed by atoms with Crippen molar-refractivity contribution in [2.75, 3.05) is 0 Å². The van der Waals surface area contributed by atoms with Crippen LogP contribution in [0, 0.1) is 6.92 Å². The Bertz CT molecular complexity index is 2070. The number of allylic oxidation sites excluding steroid dienone is 5. The van der Waals surface area contributed by atoms with E-state index in [4.69, 9.17) is 4.98 Å². The molecule has 0 atom stereocenters. The predicted octanol–water partition coefficient (Wildman–Crippen LogP) is 10.4. The molecular formula is C40H33N3. The Hall–Kier alpha value is -5.63. The van der Waals surface area contributed by atoms with Gasteiger partial charge in [0.25, 0.3) is 0 Å². The van der Waals surface area contributed by atoms with Gasteiger partial charge < -0.3 is 9.13 Å². The molecule has 6 aromatic rings. The molecule has 0 N–H and O–H groups in total. The van der Waals surface area contributed by atoms with Gasteiger partial charge in [0.05, 0.1) is 22.2 Å². The highest BCUT2D eigenvalue weighted by Gasteiger charge is 2.15. The normalized spacial score (nSPS) is 11.7. The van der Waals surface area contributed by atoms with Crippen LogP contribution in [0.1, 0.15) is 35.0 Å². The van der Waals surface area contributed by atoms with Gasteiger partial charge in [0.1, 0.15) is 0 Å². The molecule has 0 aliphatic carbocycles. The Balaban J connectivity index is 1.36. The van der Waals surface area contributed by atoms with Crippen molar-refractivity contribution < 1.29 is 0 Å². The molecule has 208 valence electrons. The Kier molecular flexibility index (Phi) is 7.99. The molecule has 3 heterocycles. The minimum Gasteiger partial charge on any atom is -0.320 e. The smallest absolute Gasteiger partial charge is 0.0963 e. The zero-order valence-electron chi connectivity index (χ0n) is 24.5. The van der Waals surface area contributed by atoms with Crippen molar-refractivity contribution in [3.63, 3.8) is 0 Å². The van der Waals surface area contributed by atoms with Gasteiger partial charge in [0.15, 0.2) is 0 Å². The van der Waals surface area contributed by atoms with Gasteiger partial charge in [-0.15, -0.1) is 5.73 Å². The second-order valence-electron chi connectivity index (χ2n) is 10.3. The first-order valence-corrected chi connectivity index (χ1v) is 14.5. The maximum absolute atomic E-state index is 4.72. The number of para-hydroxylation sites is 2. The molecule has 3 aromatic carbocycles. The molecule has 0 saturated heterocycles. The molecule has 0 fully saturated rings. The van der Waals surface area contributed by atoms with Crippen molar-refractivity contribution in [3.8, 4) is 5.69 Å². The number of hydrogen-bond donors (Lipinski definition) is 0. The van der Waals surface area contributed by atoms with Gasteiger partial charge in [-0.25, -0.2) is 0 Å². The molecule has 0 aliphatic rings. The molecule has 0 unspecified atom stereocenters. The van der Waals surface area contributed by atoms with Crippen molar-refractivity contribution in [3.05, 3.63) is 168 Å². The topological polar surface area (TPSA) is 22.8 Å². The molecule has 3 nitrogen and oxygen atoms in total. The zero-order chi connectivity index (χ0) is 29.6. The number of benzene rings is 3. The molecule has 43 heavy (non-hydrogen) atoms. The van der Waals surface area contributed by atoms with E-state index >= 15 is 0 Å². The van der Waals surface area contributed by atoms with E-state index in [2.05, 4.69) is 132 Å². The van der Waals surface area contributed by atoms with Gasteiger partial charge in [0.2, 0.25) is 0 Å². The van der Waals surface area contributed by atoms with Crippen LogP contribution in [0.2, 0.25) is 0 Å². The number of fused-ring (bicyclic) bond motifs is 2. The summed E-state index contributed by atoms with van der Waals surface area (Å²) in [5.74, 6) is 0. The lowest BCUT2D eigenvalue weighted by atomic mass is 10.1. The molecule has 0 amide bonds. The molecular weight excluding hydrogens is 522 g/mol. The van der Waals surface area contributed by atoms with Crippen molar-refractivity contribution >= 4 is 51.9 Å². The quantitative estimate of drug-likeness (QED) is 0.135. The second-order valence-corrected chi connectivity index (χ2v) is 10.3. The zero-order valence-corrected chi connectivity index (χ0v) is 24.5. The van der Waals surface area contributed by atoms with Gasteiger partial charge >= 0.3 is 0 Å². The Labute approximate surface area is 253 Å². The first-order chi connectivity index (χ1) is 21.2. The lowest BCUT2D eigenvalue weighted by molar-refractivity contribution is 1.10. The van der Waals surface area contributed by atoms with E-state index in [0.717, 1.165) is 50.3 Å². The molecule has 0 bridgehead atoms. The summed E-state index contributed by atoms with van der Waals surface area (Å²) in [6.45, 7) is 8.46. The standard InChI is InChI=1S/C40H33N3/c1-4-17-36-38(43(33-20-10-6-11-21-33)39-26-16-28-41-40(36)39)25-13-7-12-22-34-31(3)42(37-24-15-14-23-35(34)37)29-27-30(2)32-18-8-5-9-19-32/h4-12,14-29H,2H2,1,3H3/b17-4-,22-12-,29-27?. The number of hydrogen-bond acceptors (Lipinski definition) is 1. The predicted molar refractivity (Wildman–Crippen MR) is 185 cm³/mol. The molecule has 0 aliphatic heterocycles. The Morgan fingerprint density at radius 1 is 0.814 bits per heavy atom. The summed E-state index contributed by atoms with van der Waals surface area (Å²) in [6, 6.07) is 33.3. The third-order valence-electron chi connectivity index (χ3n) is 7.60. The fourth-order valence-corrected chi connectivity index (χ4v) is 5.54. The van der Waals surface area contributed by atoms with E-state index in [0.29, 0.717) is 0 Å². The second kappa shape index (κ2) is 12.5. The molecule has 6 rings (SSSR count). The van der Waals surface area contributed by atoms with Crippen LogP contribution in [-0.4, -0.2) is 14.1 Å².